The first kappa shape index (κ1) is 6.55. The van der Waals surface area contributed by atoms with E-state index in [1.165, 1.54) is 0 Å². The normalized spacial score (nSPS) is 19.2. The average molecular weight is 167 g/mol. The van der Waals surface area contributed by atoms with Crippen molar-refractivity contribution in [2.24, 2.45) is 0 Å². The lowest BCUT2D eigenvalue weighted by Gasteiger charge is -1.93. The fourth-order valence-corrected chi connectivity index (χ4v) is 1.06. The highest BCUT2D eigenvalue weighted by atomic mass is 32.1. The highest BCUT2D eigenvalue weighted by Gasteiger charge is 2.49. The minimum Gasteiger partial charge on any atom is -0.412 e. The van der Waals surface area contributed by atoms with E-state index in [4.69, 9.17) is 9.68 Å². The summed E-state index contributed by atoms with van der Waals surface area (Å²) in [6.07, 6.45) is 1.65. The third-order valence-corrected chi connectivity index (χ3v) is 1.99. The first-order chi connectivity index (χ1) is 5.27. The van der Waals surface area contributed by atoms with Gasteiger partial charge in [-0.2, -0.15) is 5.26 Å². The van der Waals surface area contributed by atoms with E-state index in [1.807, 2.05) is 0 Å². The summed E-state index contributed by atoms with van der Waals surface area (Å²) in [5.74, 6) is 0.435. The number of nitrogens with zero attached hydrogens (tertiary/aromatic N) is 2. The van der Waals surface area contributed by atoms with Gasteiger partial charge in [-0.1, -0.05) is 0 Å². The number of rotatable bonds is 1. The molecule has 1 aromatic heterocycles. The molecule has 4 nitrogen and oxygen atoms in total. The van der Waals surface area contributed by atoms with Gasteiger partial charge in [-0.3, -0.25) is 0 Å². The third-order valence-electron chi connectivity index (χ3n) is 1.81. The van der Waals surface area contributed by atoms with Crippen LogP contribution in [-0.4, -0.2) is 10.2 Å². The van der Waals surface area contributed by atoms with Gasteiger partial charge in [0, 0.05) is 0 Å². The first-order valence-corrected chi connectivity index (χ1v) is 3.65. The van der Waals surface area contributed by atoms with Gasteiger partial charge < -0.3 is 4.42 Å². The van der Waals surface area contributed by atoms with E-state index in [0.29, 0.717) is 5.89 Å². The van der Waals surface area contributed by atoms with E-state index in [0.717, 1.165) is 12.8 Å². The molecule has 0 atom stereocenters. The van der Waals surface area contributed by atoms with Crippen molar-refractivity contribution in [3.8, 4) is 6.07 Å². The van der Waals surface area contributed by atoms with Crippen LogP contribution in [0.15, 0.2) is 4.42 Å². The molecule has 1 saturated carbocycles. The predicted octanol–water partition coefficient (Wildman–Crippen LogP) is 1.29. The number of hydrogen-bond donors (Lipinski definition) is 1. The molecule has 1 fully saturated rings. The van der Waals surface area contributed by atoms with E-state index in [9.17, 15) is 0 Å². The van der Waals surface area contributed by atoms with E-state index in [1.54, 1.807) is 0 Å². The second-order valence-corrected chi connectivity index (χ2v) is 2.98. The molecule has 0 bridgehead atoms. The molecule has 11 heavy (non-hydrogen) atoms. The van der Waals surface area contributed by atoms with Gasteiger partial charge in [-0.25, -0.2) is 5.10 Å². The summed E-state index contributed by atoms with van der Waals surface area (Å²) >= 11 is 4.68. The molecule has 56 valence electrons. The lowest BCUT2D eigenvalue weighted by Crippen LogP contribution is -2.02. The van der Waals surface area contributed by atoms with Gasteiger partial charge in [0.15, 0.2) is 0 Å². The van der Waals surface area contributed by atoms with E-state index < -0.39 is 5.41 Å². The molecule has 1 aliphatic carbocycles. The summed E-state index contributed by atoms with van der Waals surface area (Å²) in [6.45, 7) is 0. The van der Waals surface area contributed by atoms with Crippen LogP contribution in [0.2, 0.25) is 0 Å². The Balaban J connectivity index is 2.46. The lowest BCUT2D eigenvalue weighted by atomic mass is 10.1. The molecular weight excluding hydrogens is 162 g/mol. The molecule has 0 radical (unpaired) electrons. The van der Waals surface area contributed by atoms with Crippen molar-refractivity contribution in [2.75, 3.05) is 0 Å². The Kier molecular flexibility index (Phi) is 1.14. The number of hydrogen-bond acceptors (Lipinski definition) is 4. The minimum absolute atomic E-state index is 0.238. The molecule has 0 aliphatic heterocycles. The van der Waals surface area contributed by atoms with Crippen molar-refractivity contribution in [3.05, 3.63) is 10.7 Å². The van der Waals surface area contributed by atoms with Crippen LogP contribution in [-0.2, 0) is 5.41 Å². The number of aromatic amines is 1. The second kappa shape index (κ2) is 1.92. The molecule has 0 unspecified atom stereocenters. The van der Waals surface area contributed by atoms with Gasteiger partial charge >= 0.3 is 0 Å². The Morgan fingerprint density at radius 1 is 1.73 bits per heavy atom. The molecule has 1 aliphatic rings. The van der Waals surface area contributed by atoms with E-state index >= 15 is 0 Å². The number of nitriles is 1. The van der Waals surface area contributed by atoms with Crippen LogP contribution >= 0.6 is 12.2 Å². The first-order valence-electron chi connectivity index (χ1n) is 3.24. The minimum atomic E-state index is -0.465. The van der Waals surface area contributed by atoms with Crippen LogP contribution in [0.5, 0.6) is 0 Å². The largest absolute Gasteiger partial charge is 0.412 e. The van der Waals surface area contributed by atoms with Crippen LogP contribution in [0.1, 0.15) is 18.7 Å². The van der Waals surface area contributed by atoms with Crippen molar-refractivity contribution in [1.82, 2.24) is 10.2 Å². The molecular formula is C6H5N3OS. The van der Waals surface area contributed by atoms with Crippen LogP contribution in [0.4, 0.5) is 0 Å². The summed E-state index contributed by atoms with van der Waals surface area (Å²) in [5, 5.41) is 15.0. The molecule has 0 aromatic carbocycles. The Morgan fingerprint density at radius 2 is 2.45 bits per heavy atom. The monoisotopic (exact) mass is 167 g/mol. The van der Waals surface area contributed by atoms with Crippen LogP contribution in [0, 0.1) is 16.2 Å². The van der Waals surface area contributed by atoms with E-state index in [-0.39, 0.29) is 4.84 Å². The Morgan fingerprint density at radius 3 is 2.82 bits per heavy atom. The summed E-state index contributed by atoms with van der Waals surface area (Å²) in [6, 6.07) is 2.16. The molecule has 1 heterocycles. The van der Waals surface area contributed by atoms with Gasteiger partial charge in [0.05, 0.1) is 6.07 Å². The van der Waals surface area contributed by atoms with Crippen LogP contribution in [0.3, 0.4) is 0 Å². The zero-order valence-electron chi connectivity index (χ0n) is 5.63. The third kappa shape index (κ3) is 0.870. The highest BCUT2D eigenvalue weighted by molar-refractivity contribution is 7.71. The lowest BCUT2D eigenvalue weighted by molar-refractivity contribution is 0.459. The summed E-state index contributed by atoms with van der Waals surface area (Å²) in [4.78, 5) is 0.238. The van der Waals surface area contributed by atoms with Gasteiger partial charge in [0.25, 0.3) is 4.84 Å². The summed E-state index contributed by atoms with van der Waals surface area (Å²) < 4.78 is 5.03. The zero-order chi connectivity index (χ0) is 7.90. The second-order valence-electron chi connectivity index (χ2n) is 2.61. The van der Waals surface area contributed by atoms with Crippen molar-refractivity contribution in [2.45, 2.75) is 18.3 Å². The molecule has 0 spiro atoms. The molecule has 1 aromatic rings. The summed E-state index contributed by atoms with van der Waals surface area (Å²) in [5.41, 5.74) is -0.465. The SMILES string of the molecule is N#CC1(c2n[nH]c(=S)o2)CC1. The number of H-pyrrole nitrogens is 1. The maximum atomic E-state index is 8.72. The van der Waals surface area contributed by atoms with Crippen molar-refractivity contribution in [1.29, 1.82) is 5.26 Å². The van der Waals surface area contributed by atoms with Crippen molar-refractivity contribution in [3.63, 3.8) is 0 Å². The Bertz CT molecular complexity index is 368. The van der Waals surface area contributed by atoms with E-state index in [2.05, 4.69) is 28.5 Å². The van der Waals surface area contributed by atoms with Crippen molar-refractivity contribution < 1.29 is 4.42 Å². The molecule has 0 saturated heterocycles. The fraction of sp³-hybridized carbons (Fsp3) is 0.500. The number of aromatic nitrogens is 2. The molecule has 5 heteroatoms. The van der Waals surface area contributed by atoms with Gasteiger partial charge in [-0.05, 0) is 25.1 Å². The Hall–Kier alpha value is -1.15. The van der Waals surface area contributed by atoms with Gasteiger partial charge in [0.1, 0.15) is 5.41 Å². The van der Waals surface area contributed by atoms with Gasteiger partial charge in [0.2, 0.25) is 5.89 Å². The average Bonchev–Trinajstić information content (AvgIpc) is 2.70. The molecule has 1 N–H and O–H groups in total. The fourth-order valence-electron chi connectivity index (χ4n) is 0.933. The molecule has 2 rings (SSSR count). The smallest absolute Gasteiger partial charge is 0.284 e. The summed E-state index contributed by atoms with van der Waals surface area (Å²) in [7, 11) is 0. The molecule has 0 amide bonds. The van der Waals surface area contributed by atoms with Crippen molar-refractivity contribution >= 4 is 12.2 Å². The topological polar surface area (TPSA) is 65.6 Å². The maximum absolute atomic E-state index is 8.72. The van der Waals surface area contributed by atoms with Crippen LogP contribution in [0.25, 0.3) is 0 Å². The number of nitrogens with one attached hydrogen (secondary N) is 1. The maximum Gasteiger partial charge on any atom is 0.284 e. The standard InChI is InChI=1S/C6H5N3OS/c7-3-6(1-2-6)4-8-9-5(11)10-4/h1-2H2,(H,9,11). The predicted molar refractivity (Wildman–Crippen MR) is 38.2 cm³/mol. The Labute approximate surface area is 67.8 Å². The van der Waals surface area contributed by atoms with Gasteiger partial charge in [-0.15, -0.1) is 5.10 Å². The quantitative estimate of drug-likeness (QED) is 0.640. The highest BCUT2D eigenvalue weighted by Crippen LogP contribution is 2.46. The zero-order valence-corrected chi connectivity index (χ0v) is 6.44. The van der Waals surface area contributed by atoms with Crippen LogP contribution < -0.4 is 0 Å².